The highest BCUT2D eigenvalue weighted by atomic mass is 32.2. The van der Waals surface area contributed by atoms with Crippen LogP contribution in [0.3, 0.4) is 0 Å². The number of aliphatic hydroxyl groups is 1. The monoisotopic (exact) mass is 332 g/mol. The second-order valence-electron chi connectivity index (χ2n) is 6.66. The quantitative estimate of drug-likeness (QED) is 0.789. The van der Waals surface area contributed by atoms with Gasteiger partial charge in [0.1, 0.15) is 0 Å². The van der Waals surface area contributed by atoms with Gasteiger partial charge in [0.15, 0.2) is 0 Å². The number of carbonyl (C=O) groups is 1. The minimum Gasteiger partial charge on any atom is -0.387 e. The van der Waals surface area contributed by atoms with Crippen molar-refractivity contribution in [3.63, 3.8) is 0 Å². The van der Waals surface area contributed by atoms with Crippen LogP contribution in [-0.2, 0) is 12.8 Å². The maximum absolute atomic E-state index is 12.4. The summed E-state index contributed by atoms with van der Waals surface area (Å²) in [5.74, 6) is 0.469. The third kappa shape index (κ3) is 3.56. The van der Waals surface area contributed by atoms with E-state index in [4.69, 9.17) is 0 Å². The molecule has 3 N–H and O–H groups in total. The highest BCUT2D eigenvalue weighted by Crippen LogP contribution is 2.29. The van der Waals surface area contributed by atoms with Crippen LogP contribution < -0.4 is 5.32 Å². The normalized spacial score (nSPS) is 16.8. The van der Waals surface area contributed by atoms with Gasteiger partial charge in [0.2, 0.25) is 0 Å². The summed E-state index contributed by atoms with van der Waals surface area (Å²) in [6, 6.07) is 5.82. The van der Waals surface area contributed by atoms with Crippen molar-refractivity contribution in [3.8, 4) is 0 Å². The van der Waals surface area contributed by atoms with E-state index in [1.165, 1.54) is 29.5 Å². The summed E-state index contributed by atoms with van der Waals surface area (Å²) in [6.45, 7) is 2.01. The van der Waals surface area contributed by atoms with Crippen LogP contribution in [0.4, 0.5) is 0 Å². The number of hydrogen-bond acceptors (Lipinski definition) is 3. The molecule has 0 spiro atoms. The molecule has 0 unspecified atom stereocenters. The molecule has 2 aromatic rings. The Bertz CT molecular complexity index is 721. The van der Waals surface area contributed by atoms with E-state index in [9.17, 15) is 9.90 Å². The molecule has 1 amide bonds. The van der Waals surface area contributed by atoms with Gasteiger partial charge in [-0.1, -0.05) is 0 Å². The van der Waals surface area contributed by atoms with Gasteiger partial charge in [0.05, 0.1) is 5.60 Å². The lowest BCUT2D eigenvalue weighted by Gasteiger charge is -2.22. The van der Waals surface area contributed by atoms with Crippen LogP contribution >= 0.6 is 11.8 Å². The van der Waals surface area contributed by atoms with Crippen molar-refractivity contribution in [1.82, 2.24) is 10.3 Å². The van der Waals surface area contributed by atoms with Gasteiger partial charge in [0, 0.05) is 34.5 Å². The maximum atomic E-state index is 12.4. The van der Waals surface area contributed by atoms with Gasteiger partial charge in [0.25, 0.3) is 5.91 Å². The largest absolute Gasteiger partial charge is 0.387 e. The van der Waals surface area contributed by atoms with Crippen LogP contribution in [0.1, 0.15) is 41.4 Å². The van der Waals surface area contributed by atoms with Crippen LogP contribution in [0.15, 0.2) is 18.2 Å². The first kappa shape index (κ1) is 16.4. The molecule has 4 nitrogen and oxygen atoms in total. The fourth-order valence-electron chi connectivity index (χ4n) is 3.28. The van der Waals surface area contributed by atoms with Gasteiger partial charge in [-0.2, -0.15) is 11.8 Å². The molecule has 0 bridgehead atoms. The summed E-state index contributed by atoms with van der Waals surface area (Å²) >= 11 is 1.57. The highest BCUT2D eigenvalue weighted by molar-refractivity contribution is 7.98. The third-order valence-electron chi connectivity index (χ3n) is 4.45. The Hall–Kier alpha value is -1.46. The first-order chi connectivity index (χ1) is 11.0. The van der Waals surface area contributed by atoms with E-state index in [0.717, 1.165) is 18.4 Å². The molecular weight excluding hydrogens is 308 g/mol. The number of hydrogen-bond donors (Lipinski definition) is 3. The number of aryl methyl sites for hydroxylation is 2. The summed E-state index contributed by atoms with van der Waals surface area (Å²) in [5, 5.41) is 14.2. The fourth-order valence-corrected chi connectivity index (χ4v) is 4.01. The molecule has 1 atom stereocenters. The first-order valence-corrected chi connectivity index (χ1v) is 9.52. The Morgan fingerprint density at radius 1 is 1.39 bits per heavy atom. The van der Waals surface area contributed by atoms with Crippen molar-refractivity contribution in [2.45, 2.75) is 38.2 Å². The highest BCUT2D eigenvalue weighted by Gasteiger charge is 2.21. The van der Waals surface area contributed by atoms with Crippen molar-refractivity contribution < 1.29 is 9.90 Å². The zero-order valence-electron chi connectivity index (χ0n) is 13.7. The van der Waals surface area contributed by atoms with Crippen molar-refractivity contribution in [2.24, 2.45) is 0 Å². The number of thioether (sulfide) groups is 1. The zero-order chi connectivity index (χ0) is 16.4. The molecule has 0 saturated heterocycles. The van der Waals surface area contributed by atoms with Crippen molar-refractivity contribution >= 4 is 28.6 Å². The van der Waals surface area contributed by atoms with E-state index < -0.39 is 5.60 Å². The standard InChI is InChI=1S/C18H24N2O2S/c1-18(22,11-23-2)10-19-17(21)12-7-8-16-14(9-12)13-5-3-4-6-15(13)20-16/h7-9,20,22H,3-6,10-11H2,1-2H3,(H,19,21)/t18-/m1/s1. The maximum Gasteiger partial charge on any atom is 0.251 e. The smallest absolute Gasteiger partial charge is 0.251 e. The SMILES string of the molecule is CSC[C@](C)(O)CNC(=O)c1ccc2[nH]c3c(c2c1)CCCC3. The Morgan fingerprint density at radius 3 is 2.96 bits per heavy atom. The van der Waals surface area contributed by atoms with Crippen LogP contribution in [0.25, 0.3) is 10.9 Å². The Kier molecular flexibility index (Phi) is 4.69. The van der Waals surface area contributed by atoms with Gasteiger partial charge in [-0.25, -0.2) is 0 Å². The average molecular weight is 332 g/mol. The van der Waals surface area contributed by atoms with E-state index in [2.05, 4.69) is 10.3 Å². The summed E-state index contributed by atoms with van der Waals surface area (Å²) in [7, 11) is 0. The predicted molar refractivity (Wildman–Crippen MR) is 96.3 cm³/mol. The summed E-state index contributed by atoms with van der Waals surface area (Å²) in [4.78, 5) is 15.9. The molecule has 23 heavy (non-hydrogen) atoms. The average Bonchev–Trinajstić information content (AvgIpc) is 2.90. The number of H-pyrrole nitrogens is 1. The van der Waals surface area contributed by atoms with E-state index in [-0.39, 0.29) is 12.5 Å². The van der Waals surface area contributed by atoms with Gasteiger partial charge >= 0.3 is 0 Å². The lowest BCUT2D eigenvalue weighted by atomic mass is 9.95. The Morgan fingerprint density at radius 2 is 2.17 bits per heavy atom. The number of nitrogens with one attached hydrogen (secondary N) is 2. The molecule has 124 valence electrons. The lowest BCUT2D eigenvalue weighted by Crippen LogP contribution is -2.42. The lowest BCUT2D eigenvalue weighted by molar-refractivity contribution is 0.0725. The Balaban J connectivity index is 1.78. The van der Waals surface area contributed by atoms with E-state index in [1.807, 2.05) is 24.5 Å². The molecule has 1 heterocycles. The van der Waals surface area contributed by atoms with Crippen LogP contribution in [0, 0.1) is 0 Å². The zero-order valence-corrected chi connectivity index (χ0v) is 14.6. The first-order valence-electron chi connectivity index (χ1n) is 8.13. The van der Waals surface area contributed by atoms with E-state index >= 15 is 0 Å². The number of fused-ring (bicyclic) bond motifs is 3. The topological polar surface area (TPSA) is 65.1 Å². The predicted octanol–water partition coefficient (Wildman–Crippen LogP) is 2.89. The minimum atomic E-state index is -0.883. The van der Waals surface area contributed by atoms with Crippen LogP contribution in [0.5, 0.6) is 0 Å². The van der Waals surface area contributed by atoms with Crippen molar-refractivity contribution in [1.29, 1.82) is 0 Å². The molecule has 1 aliphatic rings. The molecule has 0 saturated carbocycles. The van der Waals surface area contributed by atoms with Crippen molar-refractivity contribution in [2.75, 3.05) is 18.6 Å². The van der Waals surface area contributed by atoms with Gasteiger partial charge < -0.3 is 15.4 Å². The molecule has 1 aliphatic carbocycles. The van der Waals surface area contributed by atoms with Gasteiger partial charge in [-0.3, -0.25) is 4.79 Å². The number of benzene rings is 1. The number of rotatable bonds is 5. The van der Waals surface area contributed by atoms with E-state index in [0.29, 0.717) is 11.3 Å². The van der Waals surface area contributed by atoms with Crippen LogP contribution in [0.2, 0.25) is 0 Å². The summed E-state index contributed by atoms with van der Waals surface area (Å²) in [6.07, 6.45) is 6.58. The molecule has 0 radical (unpaired) electrons. The molecule has 1 aromatic heterocycles. The van der Waals surface area contributed by atoms with Crippen LogP contribution in [-0.4, -0.2) is 40.2 Å². The van der Waals surface area contributed by atoms with Gasteiger partial charge in [-0.05, 0) is 62.6 Å². The molecule has 5 heteroatoms. The Labute approximate surface area is 141 Å². The number of carbonyl (C=O) groups excluding carboxylic acids is 1. The third-order valence-corrected chi connectivity index (χ3v) is 5.36. The summed E-state index contributed by atoms with van der Waals surface area (Å²) in [5.41, 5.74) is 3.58. The second kappa shape index (κ2) is 6.57. The van der Waals surface area contributed by atoms with Crippen molar-refractivity contribution in [3.05, 3.63) is 35.0 Å². The number of aromatic amines is 1. The van der Waals surface area contributed by atoms with E-state index in [1.54, 1.807) is 18.7 Å². The van der Waals surface area contributed by atoms with Gasteiger partial charge in [-0.15, -0.1) is 0 Å². The molecule has 0 fully saturated rings. The fraction of sp³-hybridized carbons (Fsp3) is 0.500. The molecule has 3 rings (SSSR count). The molecule has 1 aromatic carbocycles. The minimum absolute atomic E-state index is 0.126. The molecular formula is C18H24N2O2S. The second-order valence-corrected chi connectivity index (χ2v) is 7.53. The number of amides is 1. The number of aromatic nitrogens is 1. The summed E-state index contributed by atoms with van der Waals surface area (Å²) < 4.78 is 0. The molecule has 0 aliphatic heterocycles.